The molecule has 1 aliphatic carbocycles. The van der Waals surface area contributed by atoms with Crippen LogP contribution in [0.15, 0.2) is 90.0 Å². The second-order valence-corrected chi connectivity index (χ2v) is 10.5. The summed E-state index contributed by atoms with van der Waals surface area (Å²) in [5.74, 6) is -0.312. The molecule has 2 N–H and O–H groups in total. The molecule has 4 aromatic rings. The number of nitrogens with one attached hydrogen (secondary N) is 1. The lowest BCUT2D eigenvalue weighted by Gasteiger charge is -2.28. The highest BCUT2D eigenvalue weighted by Crippen LogP contribution is 2.33. The zero-order chi connectivity index (χ0) is 23.7. The standard InChI is InChI=1S/C27H26N2O4S/c30-26-13-7-5-11-24(26)28-27(31)20-14-16-21(17-15-20)34(32,33)29-18-23(19-8-2-1-3-9-19)22-10-4-6-12-25(22)29/h1-4,6,8-10,12,14-18,24,26,30H,5,7,11,13H2,(H,28,31)/t24-,26-/m1/s1. The maximum absolute atomic E-state index is 13.6. The Morgan fingerprint density at radius 3 is 2.29 bits per heavy atom. The first-order valence-corrected chi connectivity index (χ1v) is 12.9. The molecule has 2 atom stereocenters. The molecule has 0 bridgehead atoms. The Morgan fingerprint density at radius 1 is 0.882 bits per heavy atom. The third kappa shape index (κ3) is 4.13. The van der Waals surface area contributed by atoms with Crippen molar-refractivity contribution in [3.8, 4) is 11.1 Å². The van der Waals surface area contributed by atoms with Gasteiger partial charge in [0.15, 0.2) is 0 Å². The fourth-order valence-electron chi connectivity index (χ4n) is 4.62. The number of aliphatic hydroxyl groups excluding tert-OH is 1. The number of carbonyl (C=O) groups is 1. The van der Waals surface area contributed by atoms with Gasteiger partial charge in [-0.3, -0.25) is 4.79 Å². The van der Waals surface area contributed by atoms with E-state index < -0.39 is 16.1 Å². The van der Waals surface area contributed by atoms with Crippen molar-refractivity contribution < 1.29 is 18.3 Å². The number of benzene rings is 3. The van der Waals surface area contributed by atoms with E-state index in [1.54, 1.807) is 12.3 Å². The summed E-state index contributed by atoms with van der Waals surface area (Å²) in [4.78, 5) is 12.7. The molecule has 0 saturated heterocycles. The first-order chi connectivity index (χ1) is 16.4. The van der Waals surface area contributed by atoms with Gasteiger partial charge >= 0.3 is 0 Å². The van der Waals surface area contributed by atoms with Crippen LogP contribution in [0.5, 0.6) is 0 Å². The Hall–Kier alpha value is -3.42. The molecule has 1 fully saturated rings. The van der Waals surface area contributed by atoms with Gasteiger partial charge in [0, 0.05) is 22.7 Å². The lowest BCUT2D eigenvalue weighted by atomic mass is 9.92. The highest BCUT2D eigenvalue weighted by atomic mass is 32.2. The summed E-state index contributed by atoms with van der Waals surface area (Å²) in [5, 5.41) is 13.8. The van der Waals surface area contributed by atoms with Crippen LogP contribution in [0.25, 0.3) is 22.0 Å². The summed E-state index contributed by atoms with van der Waals surface area (Å²) < 4.78 is 28.4. The van der Waals surface area contributed by atoms with E-state index in [4.69, 9.17) is 0 Å². The molecule has 6 nitrogen and oxygen atoms in total. The molecule has 34 heavy (non-hydrogen) atoms. The van der Waals surface area contributed by atoms with Gasteiger partial charge in [0.1, 0.15) is 0 Å². The molecule has 1 heterocycles. The molecule has 5 rings (SSSR count). The molecule has 1 aromatic heterocycles. The van der Waals surface area contributed by atoms with Gasteiger partial charge in [-0.05, 0) is 48.7 Å². The van der Waals surface area contributed by atoms with Gasteiger partial charge in [0.25, 0.3) is 15.9 Å². The number of carbonyl (C=O) groups excluding carboxylic acids is 1. The number of amides is 1. The number of rotatable bonds is 5. The molecule has 7 heteroatoms. The summed E-state index contributed by atoms with van der Waals surface area (Å²) >= 11 is 0. The van der Waals surface area contributed by atoms with Crippen LogP contribution in [-0.4, -0.2) is 35.5 Å². The normalized spacial score (nSPS) is 18.6. The Morgan fingerprint density at radius 2 is 1.56 bits per heavy atom. The molecule has 0 aliphatic heterocycles. The number of hydrogen-bond acceptors (Lipinski definition) is 4. The molecule has 3 aromatic carbocycles. The molecule has 0 unspecified atom stereocenters. The second-order valence-electron chi connectivity index (χ2n) is 8.68. The predicted octanol–water partition coefficient (Wildman–Crippen LogP) is 4.58. The van der Waals surface area contributed by atoms with E-state index in [-0.39, 0.29) is 16.8 Å². The summed E-state index contributed by atoms with van der Waals surface area (Å²) in [5.41, 5.74) is 2.72. The largest absolute Gasteiger partial charge is 0.391 e. The quantitative estimate of drug-likeness (QED) is 0.443. The van der Waals surface area contributed by atoms with Crippen molar-refractivity contribution in [1.29, 1.82) is 0 Å². The van der Waals surface area contributed by atoms with Crippen LogP contribution in [0.3, 0.4) is 0 Å². The minimum Gasteiger partial charge on any atom is -0.391 e. The molecule has 1 aliphatic rings. The van der Waals surface area contributed by atoms with Crippen LogP contribution in [0.4, 0.5) is 0 Å². The van der Waals surface area contributed by atoms with Crippen LogP contribution < -0.4 is 5.32 Å². The Labute approximate surface area is 198 Å². The summed E-state index contributed by atoms with van der Waals surface area (Å²) in [6.07, 6.45) is 4.45. The average Bonchev–Trinajstić information content (AvgIpc) is 3.27. The van der Waals surface area contributed by atoms with Crippen LogP contribution in [0.1, 0.15) is 36.0 Å². The van der Waals surface area contributed by atoms with Gasteiger partial charge in [-0.15, -0.1) is 0 Å². The van der Waals surface area contributed by atoms with Crippen molar-refractivity contribution in [2.45, 2.75) is 42.7 Å². The molecule has 1 amide bonds. The van der Waals surface area contributed by atoms with Gasteiger partial charge in [-0.2, -0.15) is 0 Å². The van der Waals surface area contributed by atoms with E-state index in [9.17, 15) is 18.3 Å². The van der Waals surface area contributed by atoms with Gasteiger partial charge in [-0.1, -0.05) is 61.4 Å². The Kier molecular flexibility index (Phi) is 5.98. The van der Waals surface area contributed by atoms with Crippen LogP contribution >= 0.6 is 0 Å². The predicted molar refractivity (Wildman–Crippen MR) is 132 cm³/mol. The second kappa shape index (κ2) is 9.08. The molecular weight excluding hydrogens is 448 g/mol. The zero-order valence-corrected chi connectivity index (χ0v) is 19.4. The number of aromatic nitrogens is 1. The minimum absolute atomic E-state index is 0.0992. The molecule has 174 valence electrons. The van der Waals surface area contributed by atoms with Crippen LogP contribution in [0, 0.1) is 0 Å². The first-order valence-electron chi connectivity index (χ1n) is 11.5. The van der Waals surface area contributed by atoms with Gasteiger partial charge in [0.2, 0.25) is 0 Å². The van der Waals surface area contributed by atoms with Crippen molar-refractivity contribution >= 4 is 26.8 Å². The van der Waals surface area contributed by atoms with Crippen molar-refractivity contribution in [3.05, 3.63) is 90.6 Å². The van der Waals surface area contributed by atoms with E-state index in [1.807, 2.05) is 48.5 Å². The number of aliphatic hydroxyl groups is 1. The molecule has 0 spiro atoms. The highest BCUT2D eigenvalue weighted by Gasteiger charge is 2.26. The topological polar surface area (TPSA) is 88.4 Å². The lowest BCUT2D eigenvalue weighted by molar-refractivity contribution is 0.0717. The van der Waals surface area contributed by atoms with E-state index in [1.165, 1.54) is 28.2 Å². The Bertz CT molecular complexity index is 1430. The summed E-state index contributed by atoms with van der Waals surface area (Å²) in [6.45, 7) is 0. The van der Waals surface area contributed by atoms with Crippen molar-refractivity contribution in [1.82, 2.24) is 9.29 Å². The maximum atomic E-state index is 13.6. The van der Waals surface area contributed by atoms with E-state index in [0.29, 0.717) is 17.5 Å². The van der Waals surface area contributed by atoms with Gasteiger partial charge in [0.05, 0.1) is 22.6 Å². The Balaban J connectivity index is 1.46. The van der Waals surface area contributed by atoms with Crippen molar-refractivity contribution in [3.63, 3.8) is 0 Å². The maximum Gasteiger partial charge on any atom is 0.268 e. The van der Waals surface area contributed by atoms with E-state index >= 15 is 0 Å². The van der Waals surface area contributed by atoms with E-state index in [0.717, 1.165) is 35.8 Å². The fourth-order valence-corrected chi connectivity index (χ4v) is 5.99. The first kappa shape index (κ1) is 22.4. The van der Waals surface area contributed by atoms with Crippen LogP contribution in [0.2, 0.25) is 0 Å². The molecule has 0 radical (unpaired) electrons. The summed E-state index contributed by atoms with van der Waals surface area (Å²) in [7, 11) is -3.89. The average molecular weight is 475 g/mol. The van der Waals surface area contributed by atoms with Gasteiger partial charge in [-0.25, -0.2) is 12.4 Å². The summed E-state index contributed by atoms with van der Waals surface area (Å²) in [6, 6.07) is 22.8. The third-order valence-corrected chi connectivity index (χ3v) is 8.17. The fraction of sp³-hybridized carbons (Fsp3) is 0.222. The van der Waals surface area contributed by atoms with Crippen LogP contribution in [-0.2, 0) is 10.0 Å². The lowest BCUT2D eigenvalue weighted by Crippen LogP contribution is -2.45. The van der Waals surface area contributed by atoms with Crippen molar-refractivity contribution in [2.75, 3.05) is 0 Å². The SMILES string of the molecule is O=C(N[C@@H]1CCCC[C@H]1O)c1ccc(S(=O)(=O)n2cc(-c3ccccc3)c3ccccc32)cc1. The number of fused-ring (bicyclic) bond motifs is 1. The van der Waals surface area contributed by atoms with Gasteiger partial charge < -0.3 is 10.4 Å². The smallest absolute Gasteiger partial charge is 0.268 e. The van der Waals surface area contributed by atoms with Crippen molar-refractivity contribution in [2.24, 2.45) is 0 Å². The third-order valence-electron chi connectivity index (χ3n) is 6.48. The van der Waals surface area contributed by atoms with E-state index in [2.05, 4.69) is 5.32 Å². The monoisotopic (exact) mass is 474 g/mol. The minimum atomic E-state index is -3.89. The highest BCUT2D eigenvalue weighted by molar-refractivity contribution is 7.90. The number of para-hydroxylation sites is 1. The number of nitrogens with zero attached hydrogens (tertiary/aromatic N) is 1. The number of hydrogen-bond donors (Lipinski definition) is 2. The molecular formula is C27H26N2O4S. The zero-order valence-electron chi connectivity index (χ0n) is 18.6. The molecule has 1 saturated carbocycles.